The molecule has 110 valence electrons. The van der Waals surface area contributed by atoms with E-state index < -0.39 is 0 Å². The first-order valence-electron chi connectivity index (χ1n) is 6.86. The van der Waals surface area contributed by atoms with Gasteiger partial charge >= 0.3 is 0 Å². The van der Waals surface area contributed by atoms with Crippen LogP contribution in [0, 0.1) is 5.41 Å². The summed E-state index contributed by atoms with van der Waals surface area (Å²) in [6, 6.07) is 5.28. The van der Waals surface area contributed by atoms with Gasteiger partial charge in [0.1, 0.15) is 0 Å². The standard InChI is InChI=1S/C15H18BrCl2NO/c16-11-4-5-12(13(18)8-11)14(20)19-10-15(9-17)6-2-1-3-7-15/h4-5,8H,1-3,6-7,9-10H2,(H,19,20). The van der Waals surface area contributed by atoms with Crippen molar-refractivity contribution < 1.29 is 4.79 Å². The zero-order chi connectivity index (χ0) is 14.6. The summed E-state index contributed by atoms with van der Waals surface area (Å²) in [4.78, 5) is 12.2. The van der Waals surface area contributed by atoms with Gasteiger partial charge in [-0.15, -0.1) is 11.6 Å². The molecule has 1 amide bonds. The van der Waals surface area contributed by atoms with Crippen LogP contribution in [0.2, 0.25) is 5.02 Å². The highest BCUT2D eigenvalue weighted by molar-refractivity contribution is 9.10. The molecule has 1 aromatic rings. The van der Waals surface area contributed by atoms with E-state index in [1.807, 2.05) is 6.07 Å². The van der Waals surface area contributed by atoms with Gasteiger partial charge in [0, 0.05) is 22.3 Å². The number of hydrogen-bond acceptors (Lipinski definition) is 1. The van der Waals surface area contributed by atoms with Crippen LogP contribution in [0.1, 0.15) is 42.5 Å². The highest BCUT2D eigenvalue weighted by Crippen LogP contribution is 2.36. The smallest absolute Gasteiger partial charge is 0.252 e. The number of carbonyl (C=O) groups is 1. The minimum atomic E-state index is -0.127. The van der Waals surface area contributed by atoms with Crippen LogP contribution < -0.4 is 5.32 Å². The molecule has 20 heavy (non-hydrogen) atoms. The molecule has 1 aliphatic rings. The number of hydrogen-bond donors (Lipinski definition) is 1. The van der Waals surface area contributed by atoms with Gasteiger partial charge in [-0.2, -0.15) is 0 Å². The third-order valence-electron chi connectivity index (χ3n) is 4.00. The number of rotatable bonds is 4. The van der Waals surface area contributed by atoms with Crippen LogP contribution in [0.4, 0.5) is 0 Å². The highest BCUT2D eigenvalue weighted by Gasteiger charge is 2.31. The molecule has 1 saturated carbocycles. The molecule has 1 aliphatic carbocycles. The van der Waals surface area contributed by atoms with Gasteiger partial charge in [-0.25, -0.2) is 0 Å². The maximum absolute atomic E-state index is 12.2. The lowest BCUT2D eigenvalue weighted by molar-refractivity contribution is 0.0921. The summed E-state index contributed by atoms with van der Waals surface area (Å²) in [5.41, 5.74) is 0.563. The number of nitrogens with one attached hydrogen (secondary N) is 1. The Morgan fingerprint density at radius 3 is 2.60 bits per heavy atom. The van der Waals surface area contributed by atoms with E-state index in [9.17, 15) is 4.79 Å². The summed E-state index contributed by atoms with van der Waals surface area (Å²) in [5.74, 6) is 0.471. The Morgan fingerprint density at radius 2 is 2.00 bits per heavy atom. The third kappa shape index (κ3) is 3.90. The summed E-state index contributed by atoms with van der Waals surface area (Å²) < 4.78 is 0.864. The molecule has 0 saturated heterocycles. The Kier molecular flexibility index (Phi) is 5.76. The number of amides is 1. The molecule has 1 N–H and O–H groups in total. The van der Waals surface area contributed by atoms with Gasteiger partial charge in [0.2, 0.25) is 0 Å². The van der Waals surface area contributed by atoms with Gasteiger partial charge in [0.15, 0.2) is 0 Å². The molecule has 2 rings (SSSR count). The van der Waals surface area contributed by atoms with Crippen molar-refractivity contribution in [2.24, 2.45) is 5.41 Å². The zero-order valence-corrected chi connectivity index (χ0v) is 14.3. The van der Waals surface area contributed by atoms with Crippen molar-refractivity contribution in [2.75, 3.05) is 12.4 Å². The minimum Gasteiger partial charge on any atom is -0.351 e. The van der Waals surface area contributed by atoms with Gasteiger partial charge in [-0.05, 0) is 31.0 Å². The lowest BCUT2D eigenvalue weighted by Crippen LogP contribution is -2.40. The van der Waals surface area contributed by atoms with Crippen LogP contribution in [-0.2, 0) is 0 Å². The molecule has 2 nitrogen and oxygen atoms in total. The quantitative estimate of drug-likeness (QED) is 0.732. The first-order valence-corrected chi connectivity index (χ1v) is 8.56. The van der Waals surface area contributed by atoms with Gasteiger partial charge < -0.3 is 5.32 Å². The third-order valence-corrected chi connectivity index (χ3v) is 5.37. The van der Waals surface area contributed by atoms with E-state index in [1.165, 1.54) is 19.3 Å². The second kappa shape index (κ2) is 7.15. The molecule has 0 aliphatic heterocycles. The summed E-state index contributed by atoms with van der Waals surface area (Å²) in [7, 11) is 0. The summed E-state index contributed by atoms with van der Waals surface area (Å²) in [5, 5.41) is 3.46. The van der Waals surface area contributed by atoms with Crippen molar-refractivity contribution in [2.45, 2.75) is 32.1 Å². The molecule has 0 bridgehead atoms. The molecule has 0 atom stereocenters. The fraction of sp³-hybridized carbons (Fsp3) is 0.533. The highest BCUT2D eigenvalue weighted by atomic mass is 79.9. The lowest BCUT2D eigenvalue weighted by atomic mass is 9.75. The Labute approximate surface area is 138 Å². The van der Waals surface area contributed by atoms with Crippen LogP contribution in [0.15, 0.2) is 22.7 Å². The number of benzene rings is 1. The Hall–Kier alpha value is -0.250. The maximum Gasteiger partial charge on any atom is 0.252 e. The topological polar surface area (TPSA) is 29.1 Å². The number of alkyl halides is 1. The molecular formula is C15H18BrCl2NO. The van der Waals surface area contributed by atoms with E-state index in [0.717, 1.165) is 17.3 Å². The van der Waals surface area contributed by atoms with Gasteiger partial charge in [-0.1, -0.05) is 46.8 Å². The van der Waals surface area contributed by atoms with E-state index >= 15 is 0 Å². The Morgan fingerprint density at radius 1 is 1.30 bits per heavy atom. The molecule has 0 unspecified atom stereocenters. The lowest BCUT2D eigenvalue weighted by Gasteiger charge is -2.35. The summed E-state index contributed by atoms with van der Waals surface area (Å²) >= 11 is 15.6. The second-order valence-electron chi connectivity index (χ2n) is 5.50. The number of carbonyl (C=O) groups excluding carboxylic acids is 1. The molecule has 5 heteroatoms. The average Bonchev–Trinajstić information content (AvgIpc) is 2.46. The van der Waals surface area contributed by atoms with E-state index in [4.69, 9.17) is 23.2 Å². The van der Waals surface area contributed by atoms with Crippen molar-refractivity contribution in [3.8, 4) is 0 Å². The minimum absolute atomic E-state index is 0.0529. The van der Waals surface area contributed by atoms with E-state index in [1.54, 1.807) is 12.1 Å². The van der Waals surface area contributed by atoms with Gasteiger partial charge in [0.05, 0.1) is 10.6 Å². The van der Waals surface area contributed by atoms with Crippen LogP contribution in [0.5, 0.6) is 0 Å². The zero-order valence-electron chi connectivity index (χ0n) is 11.2. The van der Waals surface area contributed by atoms with E-state index in [-0.39, 0.29) is 11.3 Å². The van der Waals surface area contributed by atoms with Crippen molar-refractivity contribution in [3.63, 3.8) is 0 Å². The monoisotopic (exact) mass is 377 g/mol. The van der Waals surface area contributed by atoms with Gasteiger partial charge in [-0.3, -0.25) is 4.79 Å². The number of halogens is 3. The summed E-state index contributed by atoms with van der Waals surface area (Å²) in [6.07, 6.45) is 5.84. The first-order chi connectivity index (χ1) is 9.56. The van der Waals surface area contributed by atoms with Crippen molar-refractivity contribution in [3.05, 3.63) is 33.3 Å². The summed E-state index contributed by atoms with van der Waals surface area (Å²) in [6.45, 7) is 0.627. The maximum atomic E-state index is 12.2. The second-order valence-corrected chi connectivity index (χ2v) is 7.09. The molecular weight excluding hydrogens is 361 g/mol. The molecule has 0 radical (unpaired) electrons. The van der Waals surface area contributed by atoms with Crippen molar-refractivity contribution in [1.82, 2.24) is 5.32 Å². The van der Waals surface area contributed by atoms with Crippen molar-refractivity contribution in [1.29, 1.82) is 0 Å². The molecule has 0 spiro atoms. The largest absolute Gasteiger partial charge is 0.351 e. The first kappa shape index (κ1) is 16.1. The van der Waals surface area contributed by atoms with Gasteiger partial charge in [0.25, 0.3) is 5.91 Å². The Bertz CT molecular complexity index is 487. The molecule has 1 fully saturated rings. The average molecular weight is 379 g/mol. The van der Waals surface area contributed by atoms with E-state index in [0.29, 0.717) is 23.0 Å². The normalized spacial score (nSPS) is 17.8. The SMILES string of the molecule is O=C(NCC1(CCl)CCCCC1)c1ccc(Br)cc1Cl. The van der Waals surface area contributed by atoms with Crippen molar-refractivity contribution >= 4 is 45.0 Å². The molecule has 0 aromatic heterocycles. The predicted octanol–water partition coefficient (Wildman–Crippen LogP) is 5.02. The Balaban J connectivity index is 2.00. The molecule has 1 aromatic carbocycles. The fourth-order valence-corrected chi connectivity index (χ4v) is 3.82. The van der Waals surface area contributed by atoms with Crippen LogP contribution >= 0.6 is 39.1 Å². The fourth-order valence-electron chi connectivity index (χ4n) is 2.70. The van der Waals surface area contributed by atoms with Crippen LogP contribution in [-0.4, -0.2) is 18.3 Å². The molecule has 0 heterocycles. The van der Waals surface area contributed by atoms with E-state index in [2.05, 4.69) is 21.2 Å². The van der Waals surface area contributed by atoms with Crippen LogP contribution in [0.3, 0.4) is 0 Å². The van der Waals surface area contributed by atoms with Crippen LogP contribution in [0.25, 0.3) is 0 Å². The predicted molar refractivity (Wildman–Crippen MR) is 87.7 cm³/mol.